The second kappa shape index (κ2) is 6.22. The van der Waals surface area contributed by atoms with Crippen molar-refractivity contribution in [3.05, 3.63) is 22.8 Å². The molecule has 2 heterocycles. The molecule has 0 spiro atoms. The monoisotopic (exact) mass is 307 g/mol. The quantitative estimate of drug-likeness (QED) is 0.928. The summed E-state index contributed by atoms with van der Waals surface area (Å²) in [7, 11) is 0. The number of halogens is 1. The normalized spacial score (nSPS) is 24.8. The molecule has 1 aliphatic carbocycles. The molecular weight excluding hydrogens is 286 g/mol. The molecule has 0 aromatic carbocycles. The van der Waals surface area contributed by atoms with Crippen LogP contribution < -0.4 is 5.32 Å². The van der Waals surface area contributed by atoms with Gasteiger partial charge in [-0.05, 0) is 38.2 Å². The van der Waals surface area contributed by atoms with Gasteiger partial charge in [0.05, 0.1) is 10.6 Å². The van der Waals surface area contributed by atoms with Crippen molar-refractivity contribution in [2.24, 2.45) is 5.92 Å². The minimum atomic E-state index is 0.0657. The van der Waals surface area contributed by atoms with Crippen LogP contribution in [0.2, 0.25) is 5.02 Å². The van der Waals surface area contributed by atoms with Crippen molar-refractivity contribution in [3.63, 3.8) is 0 Å². The van der Waals surface area contributed by atoms with Crippen LogP contribution in [0.4, 0.5) is 5.82 Å². The second-order valence-electron chi connectivity index (χ2n) is 5.98. The van der Waals surface area contributed by atoms with Crippen LogP contribution in [-0.4, -0.2) is 34.9 Å². The zero-order valence-electron chi connectivity index (χ0n) is 12.4. The third-order valence-electron chi connectivity index (χ3n) is 4.71. The fraction of sp³-hybridized carbons (Fsp3) is 0.625. The predicted molar refractivity (Wildman–Crippen MR) is 84.8 cm³/mol. The Balaban J connectivity index is 1.83. The van der Waals surface area contributed by atoms with E-state index in [-0.39, 0.29) is 5.91 Å². The number of nitrogens with zero attached hydrogens (tertiary/aromatic N) is 2. The van der Waals surface area contributed by atoms with Crippen molar-refractivity contribution in [1.29, 1.82) is 0 Å². The second-order valence-corrected chi connectivity index (χ2v) is 6.39. The van der Waals surface area contributed by atoms with Crippen LogP contribution in [0.5, 0.6) is 0 Å². The molecule has 114 valence electrons. The summed E-state index contributed by atoms with van der Waals surface area (Å²) in [5.41, 5.74) is 0.578. The van der Waals surface area contributed by atoms with Gasteiger partial charge in [-0.3, -0.25) is 4.79 Å². The predicted octanol–water partition coefficient (Wildman–Crippen LogP) is 3.57. The summed E-state index contributed by atoms with van der Waals surface area (Å²) in [4.78, 5) is 19.1. The number of nitrogens with one attached hydrogen (secondary N) is 1. The highest BCUT2D eigenvalue weighted by Gasteiger charge is 2.38. The molecule has 5 heteroatoms. The fourth-order valence-electron chi connectivity index (χ4n) is 3.69. The number of anilines is 1. The number of pyridine rings is 1. The Morgan fingerprint density at radius 1 is 1.43 bits per heavy atom. The molecule has 2 atom stereocenters. The molecule has 1 N–H and O–H groups in total. The number of amides is 1. The lowest BCUT2D eigenvalue weighted by Gasteiger charge is -2.31. The van der Waals surface area contributed by atoms with E-state index >= 15 is 0 Å². The molecular formula is C16H22ClN3O. The highest BCUT2D eigenvalue weighted by Crippen LogP contribution is 2.37. The third kappa shape index (κ3) is 2.86. The van der Waals surface area contributed by atoms with E-state index in [9.17, 15) is 4.79 Å². The molecule has 1 saturated carbocycles. The Morgan fingerprint density at radius 3 is 3.05 bits per heavy atom. The Labute approximate surface area is 130 Å². The number of aromatic nitrogens is 1. The number of carbonyl (C=O) groups is 1. The minimum Gasteiger partial charge on any atom is -0.370 e. The van der Waals surface area contributed by atoms with Gasteiger partial charge in [0.15, 0.2) is 0 Å². The fourth-order valence-corrected chi connectivity index (χ4v) is 3.88. The summed E-state index contributed by atoms with van der Waals surface area (Å²) in [6.07, 6.45) is 7.65. The number of hydrogen-bond acceptors (Lipinski definition) is 3. The molecule has 1 aliphatic heterocycles. The summed E-state index contributed by atoms with van der Waals surface area (Å²) in [6.45, 7) is 3.64. The lowest BCUT2D eigenvalue weighted by Crippen LogP contribution is -2.39. The summed E-state index contributed by atoms with van der Waals surface area (Å²) in [6, 6.07) is 2.20. The van der Waals surface area contributed by atoms with E-state index in [1.165, 1.54) is 19.3 Å². The van der Waals surface area contributed by atoms with Gasteiger partial charge in [0, 0.05) is 25.3 Å². The molecule has 2 unspecified atom stereocenters. The average Bonchev–Trinajstić information content (AvgIpc) is 2.93. The maximum Gasteiger partial charge on any atom is 0.255 e. The number of fused-ring (bicyclic) bond motifs is 1. The molecule has 1 aromatic rings. The summed E-state index contributed by atoms with van der Waals surface area (Å²) in [5.74, 6) is 1.47. The summed E-state index contributed by atoms with van der Waals surface area (Å²) < 4.78 is 0. The van der Waals surface area contributed by atoms with Gasteiger partial charge in [-0.2, -0.15) is 0 Å². The van der Waals surface area contributed by atoms with E-state index in [0.29, 0.717) is 28.4 Å². The van der Waals surface area contributed by atoms with Crippen molar-refractivity contribution >= 4 is 23.3 Å². The maximum atomic E-state index is 12.9. The van der Waals surface area contributed by atoms with Crippen molar-refractivity contribution in [3.8, 4) is 0 Å². The molecule has 21 heavy (non-hydrogen) atoms. The number of rotatable bonds is 3. The molecule has 2 aliphatic rings. The first-order chi connectivity index (χ1) is 10.2. The van der Waals surface area contributed by atoms with E-state index in [0.717, 1.165) is 25.9 Å². The van der Waals surface area contributed by atoms with Gasteiger partial charge >= 0.3 is 0 Å². The topological polar surface area (TPSA) is 45.2 Å². The van der Waals surface area contributed by atoms with Crippen molar-refractivity contribution in [2.75, 3.05) is 18.4 Å². The smallest absolute Gasteiger partial charge is 0.255 e. The minimum absolute atomic E-state index is 0.0657. The molecule has 1 aromatic heterocycles. The van der Waals surface area contributed by atoms with Crippen LogP contribution in [0.15, 0.2) is 12.3 Å². The van der Waals surface area contributed by atoms with Crippen LogP contribution >= 0.6 is 11.6 Å². The van der Waals surface area contributed by atoms with Gasteiger partial charge < -0.3 is 10.2 Å². The Hall–Kier alpha value is -1.29. The highest BCUT2D eigenvalue weighted by atomic mass is 35.5. The van der Waals surface area contributed by atoms with Crippen molar-refractivity contribution in [1.82, 2.24) is 9.88 Å². The van der Waals surface area contributed by atoms with Gasteiger partial charge in [-0.1, -0.05) is 24.4 Å². The summed E-state index contributed by atoms with van der Waals surface area (Å²) in [5, 5.41) is 3.58. The highest BCUT2D eigenvalue weighted by molar-refractivity contribution is 6.33. The maximum absolute atomic E-state index is 12.9. The summed E-state index contributed by atoms with van der Waals surface area (Å²) >= 11 is 6.21. The van der Waals surface area contributed by atoms with Crippen LogP contribution in [0.3, 0.4) is 0 Å². The molecule has 4 nitrogen and oxygen atoms in total. The van der Waals surface area contributed by atoms with Crippen molar-refractivity contribution < 1.29 is 4.79 Å². The Morgan fingerprint density at radius 2 is 2.24 bits per heavy atom. The van der Waals surface area contributed by atoms with Gasteiger partial charge in [-0.25, -0.2) is 4.98 Å². The Kier molecular flexibility index (Phi) is 4.34. The van der Waals surface area contributed by atoms with E-state index in [1.54, 1.807) is 12.3 Å². The van der Waals surface area contributed by atoms with Crippen LogP contribution in [0.1, 0.15) is 49.4 Å². The molecule has 0 radical (unpaired) electrons. The first-order valence-electron chi connectivity index (χ1n) is 7.91. The standard InChI is InChI=1S/C16H22ClN3O/c1-2-18-15-9-12(13(17)10-19-15)16(21)20-8-7-11-5-3-4-6-14(11)20/h9-11,14H,2-8H2,1H3,(H,18,19). The SMILES string of the molecule is CCNc1cc(C(=O)N2CCC3CCCCC32)c(Cl)cn1. The van der Waals surface area contributed by atoms with E-state index in [1.807, 2.05) is 11.8 Å². The molecule has 2 fully saturated rings. The molecule has 1 amide bonds. The number of carbonyl (C=O) groups excluding carboxylic acids is 1. The van der Waals surface area contributed by atoms with Crippen LogP contribution in [-0.2, 0) is 0 Å². The third-order valence-corrected chi connectivity index (χ3v) is 5.02. The van der Waals surface area contributed by atoms with Gasteiger partial charge in [0.2, 0.25) is 0 Å². The molecule has 1 saturated heterocycles. The zero-order chi connectivity index (χ0) is 14.8. The van der Waals surface area contributed by atoms with E-state index in [2.05, 4.69) is 10.3 Å². The number of hydrogen-bond donors (Lipinski definition) is 1. The first kappa shape index (κ1) is 14.6. The largest absolute Gasteiger partial charge is 0.370 e. The van der Waals surface area contributed by atoms with Gasteiger partial charge in [0.25, 0.3) is 5.91 Å². The average molecular weight is 308 g/mol. The van der Waals surface area contributed by atoms with E-state index in [4.69, 9.17) is 11.6 Å². The lowest BCUT2D eigenvalue weighted by molar-refractivity contribution is 0.0690. The molecule has 3 rings (SSSR count). The van der Waals surface area contributed by atoms with Crippen LogP contribution in [0.25, 0.3) is 0 Å². The van der Waals surface area contributed by atoms with Crippen molar-refractivity contribution in [2.45, 2.75) is 45.1 Å². The lowest BCUT2D eigenvalue weighted by atomic mass is 9.85. The van der Waals surface area contributed by atoms with E-state index < -0.39 is 0 Å². The zero-order valence-corrected chi connectivity index (χ0v) is 13.2. The van der Waals surface area contributed by atoms with Gasteiger partial charge in [-0.15, -0.1) is 0 Å². The number of likely N-dealkylation sites (tertiary alicyclic amines) is 1. The Bertz CT molecular complexity index is 534. The first-order valence-corrected chi connectivity index (χ1v) is 8.29. The van der Waals surface area contributed by atoms with Crippen LogP contribution in [0, 0.1) is 5.92 Å². The molecule has 0 bridgehead atoms. The van der Waals surface area contributed by atoms with Gasteiger partial charge in [0.1, 0.15) is 5.82 Å².